The monoisotopic (exact) mass is 409 g/mol. The van der Waals surface area contributed by atoms with Gasteiger partial charge < -0.3 is 4.74 Å². The Hall–Kier alpha value is -2.16. The molecule has 3 heteroatoms. The first-order valence-corrected chi connectivity index (χ1v) is 11.9. The summed E-state index contributed by atoms with van der Waals surface area (Å²) < 4.78 is 5.42. The number of unbranched alkanes of at least 4 members (excludes halogenated alkanes) is 5. The fourth-order valence-electron chi connectivity index (χ4n) is 3.50. The van der Waals surface area contributed by atoms with Crippen LogP contribution in [0.2, 0.25) is 0 Å². The number of pyridine rings is 1. The summed E-state index contributed by atoms with van der Waals surface area (Å²) in [6, 6.07) is 11.8. The summed E-state index contributed by atoms with van der Waals surface area (Å²) in [4.78, 5) is 16.8. The van der Waals surface area contributed by atoms with Crippen molar-refractivity contribution in [3.63, 3.8) is 0 Å². The molecule has 0 radical (unpaired) electrons. The number of aryl methyl sites for hydroxylation is 1. The Labute approximate surface area is 183 Å². The molecule has 1 aromatic carbocycles. The molecule has 0 saturated carbocycles. The van der Waals surface area contributed by atoms with Gasteiger partial charge in [-0.1, -0.05) is 83.9 Å². The second-order valence-corrected chi connectivity index (χ2v) is 8.44. The molecule has 1 aromatic heterocycles. The van der Waals surface area contributed by atoms with Crippen LogP contribution in [-0.2, 0) is 11.2 Å². The second-order valence-electron chi connectivity index (χ2n) is 8.44. The second kappa shape index (κ2) is 14.0. The largest absolute Gasteiger partial charge is 0.462 e. The third kappa shape index (κ3) is 8.69. The van der Waals surface area contributed by atoms with Crippen LogP contribution >= 0.6 is 0 Å². The highest BCUT2D eigenvalue weighted by atomic mass is 16.5. The van der Waals surface area contributed by atoms with Crippen molar-refractivity contribution >= 4 is 5.97 Å². The minimum atomic E-state index is -0.237. The van der Waals surface area contributed by atoms with E-state index in [0.717, 1.165) is 36.4 Å². The van der Waals surface area contributed by atoms with Crippen molar-refractivity contribution in [3.05, 3.63) is 53.7 Å². The van der Waals surface area contributed by atoms with Gasteiger partial charge in [0.1, 0.15) is 0 Å². The lowest BCUT2D eigenvalue weighted by atomic mass is 10.0. The summed E-state index contributed by atoms with van der Waals surface area (Å²) in [6.45, 7) is 7.26. The molecule has 2 rings (SSSR count). The molecule has 0 amide bonds. The molecule has 1 atom stereocenters. The molecule has 0 saturated heterocycles. The van der Waals surface area contributed by atoms with E-state index in [4.69, 9.17) is 4.74 Å². The molecule has 0 aliphatic heterocycles. The number of ether oxygens (including phenoxy) is 1. The quantitative estimate of drug-likeness (QED) is 0.238. The third-order valence-electron chi connectivity index (χ3n) is 5.83. The Bertz CT molecular complexity index is 722. The summed E-state index contributed by atoms with van der Waals surface area (Å²) in [6.07, 6.45) is 13.9. The van der Waals surface area contributed by atoms with E-state index < -0.39 is 0 Å². The summed E-state index contributed by atoms with van der Waals surface area (Å²) in [7, 11) is 0. The van der Waals surface area contributed by atoms with E-state index in [0.29, 0.717) is 12.2 Å². The van der Waals surface area contributed by atoms with Crippen LogP contribution < -0.4 is 0 Å². The minimum Gasteiger partial charge on any atom is -0.462 e. The number of hydrogen-bond acceptors (Lipinski definition) is 3. The Kier molecular flexibility index (Phi) is 11.2. The first-order valence-electron chi connectivity index (χ1n) is 11.9. The van der Waals surface area contributed by atoms with Crippen molar-refractivity contribution < 1.29 is 9.53 Å². The van der Waals surface area contributed by atoms with Crippen molar-refractivity contribution in [2.75, 3.05) is 6.61 Å². The summed E-state index contributed by atoms with van der Waals surface area (Å²) in [5, 5.41) is 0. The third-order valence-corrected chi connectivity index (χ3v) is 5.83. The van der Waals surface area contributed by atoms with Crippen LogP contribution in [0.4, 0.5) is 0 Å². The fraction of sp³-hybridized carbons (Fsp3) is 0.556. The first kappa shape index (κ1) is 24.1. The van der Waals surface area contributed by atoms with Crippen molar-refractivity contribution in [3.8, 4) is 11.3 Å². The highest BCUT2D eigenvalue weighted by Gasteiger charge is 2.08. The molecular weight excluding hydrogens is 370 g/mol. The summed E-state index contributed by atoms with van der Waals surface area (Å²) in [5.74, 6) is 0.557. The predicted molar refractivity (Wildman–Crippen MR) is 126 cm³/mol. The van der Waals surface area contributed by atoms with Gasteiger partial charge in [0.05, 0.1) is 17.9 Å². The fourth-order valence-corrected chi connectivity index (χ4v) is 3.50. The highest BCUT2D eigenvalue weighted by Crippen LogP contribution is 2.19. The van der Waals surface area contributed by atoms with E-state index >= 15 is 0 Å². The van der Waals surface area contributed by atoms with Gasteiger partial charge in [-0.3, -0.25) is 4.98 Å². The highest BCUT2D eigenvalue weighted by molar-refractivity contribution is 5.90. The Morgan fingerprint density at radius 2 is 1.70 bits per heavy atom. The number of rotatable bonds is 14. The van der Waals surface area contributed by atoms with E-state index in [2.05, 4.69) is 37.9 Å². The van der Waals surface area contributed by atoms with Crippen molar-refractivity contribution in [2.45, 2.75) is 85.0 Å². The zero-order valence-electron chi connectivity index (χ0n) is 19.2. The lowest BCUT2D eigenvalue weighted by molar-refractivity contribution is 0.0497. The Balaban J connectivity index is 1.75. The lowest BCUT2D eigenvalue weighted by Crippen LogP contribution is -2.06. The van der Waals surface area contributed by atoms with E-state index in [1.165, 1.54) is 50.5 Å². The van der Waals surface area contributed by atoms with Crippen LogP contribution in [0.15, 0.2) is 42.6 Å². The standard InChI is InChI=1S/C27H39NO2/c1-4-6-7-10-13-23-14-19-26(28-21-23)24-15-17-25(18-16-24)27(29)30-20-11-8-9-12-22(3)5-2/h14-19,21-22H,4-13,20H2,1-3H3/t22-/m0/s1. The molecule has 1 heterocycles. The SMILES string of the molecule is CCCCCCc1ccc(-c2ccc(C(=O)OCCCCC[C@@H](C)CC)cc2)nc1. The van der Waals surface area contributed by atoms with Gasteiger partial charge in [-0.25, -0.2) is 4.79 Å². The molecule has 3 nitrogen and oxygen atoms in total. The van der Waals surface area contributed by atoms with Crippen molar-refractivity contribution in [2.24, 2.45) is 5.92 Å². The van der Waals surface area contributed by atoms with Crippen LogP contribution in [0, 0.1) is 5.92 Å². The van der Waals surface area contributed by atoms with Gasteiger partial charge in [-0.15, -0.1) is 0 Å². The average molecular weight is 410 g/mol. The lowest BCUT2D eigenvalue weighted by Gasteiger charge is -2.08. The van der Waals surface area contributed by atoms with Crippen LogP contribution in [0.5, 0.6) is 0 Å². The number of carbonyl (C=O) groups excluding carboxylic acids is 1. The number of esters is 1. The van der Waals surface area contributed by atoms with Gasteiger partial charge in [0.2, 0.25) is 0 Å². The van der Waals surface area contributed by atoms with E-state index in [-0.39, 0.29) is 5.97 Å². The molecule has 164 valence electrons. The van der Waals surface area contributed by atoms with Crippen molar-refractivity contribution in [1.29, 1.82) is 0 Å². The average Bonchev–Trinajstić information content (AvgIpc) is 2.79. The normalized spacial score (nSPS) is 12.0. The number of benzene rings is 1. The van der Waals surface area contributed by atoms with Gasteiger partial charge in [0.15, 0.2) is 0 Å². The Morgan fingerprint density at radius 3 is 2.37 bits per heavy atom. The van der Waals surface area contributed by atoms with Gasteiger partial charge in [0, 0.05) is 11.8 Å². The van der Waals surface area contributed by atoms with E-state index in [9.17, 15) is 4.79 Å². The number of aromatic nitrogens is 1. The molecule has 0 fully saturated rings. The van der Waals surface area contributed by atoms with Crippen LogP contribution in [0.25, 0.3) is 11.3 Å². The molecular formula is C27H39NO2. The van der Waals surface area contributed by atoms with E-state index in [1.54, 1.807) is 0 Å². The van der Waals surface area contributed by atoms with Gasteiger partial charge in [0.25, 0.3) is 0 Å². The molecule has 0 aliphatic carbocycles. The van der Waals surface area contributed by atoms with Gasteiger partial charge >= 0.3 is 5.97 Å². The molecule has 0 unspecified atom stereocenters. The zero-order valence-corrected chi connectivity index (χ0v) is 19.2. The maximum atomic E-state index is 12.2. The smallest absolute Gasteiger partial charge is 0.338 e. The first-order chi connectivity index (χ1) is 14.6. The number of carbonyl (C=O) groups is 1. The minimum absolute atomic E-state index is 0.237. The number of hydrogen-bond donors (Lipinski definition) is 0. The van der Waals surface area contributed by atoms with Crippen LogP contribution in [-0.4, -0.2) is 17.6 Å². The molecule has 2 aromatic rings. The maximum Gasteiger partial charge on any atom is 0.338 e. The molecule has 30 heavy (non-hydrogen) atoms. The maximum absolute atomic E-state index is 12.2. The molecule has 0 aliphatic rings. The number of nitrogens with zero attached hydrogens (tertiary/aromatic N) is 1. The van der Waals surface area contributed by atoms with Gasteiger partial charge in [-0.2, -0.15) is 0 Å². The topological polar surface area (TPSA) is 39.2 Å². The van der Waals surface area contributed by atoms with Crippen molar-refractivity contribution in [1.82, 2.24) is 4.98 Å². The van der Waals surface area contributed by atoms with Crippen LogP contribution in [0.1, 0.15) is 94.5 Å². The molecule has 0 bridgehead atoms. The predicted octanol–water partition coefficient (Wildman–Crippen LogP) is 7.63. The van der Waals surface area contributed by atoms with Gasteiger partial charge in [-0.05, 0) is 48.9 Å². The molecule has 0 N–H and O–H groups in total. The molecule has 0 spiro atoms. The Morgan fingerprint density at radius 1 is 0.933 bits per heavy atom. The zero-order chi connectivity index (χ0) is 21.6. The van der Waals surface area contributed by atoms with Crippen LogP contribution in [0.3, 0.4) is 0 Å². The summed E-state index contributed by atoms with van der Waals surface area (Å²) in [5.41, 5.74) is 3.85. The van der Waals surface area contributed by atoms with E-state index in [1.807, 2.05) is 30.5 Å². The summed E-state index contributed by atoms with van der Waals surface area (Å²) >= 11 is 0.